The van der Waals surface area contributed by atoms with E-state index in [1.54, 1.807) is 17.0 Å². The number of methoxy groups -OCH3 is 1. The maximum Gasteiger partial charge on any atom is 0.236 e. The minimum Gasteiger partial charge on any atom is -0.494 e. The van der Waals surface area contributed by atoms with Gasteiger partial charge in [0.05, 0.1) is 30.9 Å². The van der Waals surface area contributed by atoms with E-state index in [1.165, 1.54) is 13.2 Å². The summed E-state index contributed by atoms with van der Waals surface area (Å²) in [7, 11) is 1.44. The van der Waals surface area contributed by atoms with E-state index in [1.807, 2.05) is 19.1 Å². The van der Waals surface area contributed by atoms with Crippen molar-refractivity contribution >= 4 is 23.0 Å². The van der Waals surface area contributed by atoms with Gasteiger partial charge in [0.2, 0.25) is 5.91 Å². The van der Waals surface area contributed by atoms with Gasteiger partial charge in [0.25, 0.3) is 0 Å². The lowest BCUT2D eigenvalue weighted by Gasteiger charge is -2.26. The maximum atomic E-state index is 14.2. The third-order valence-electron chi connectivity index (χ3n) is 5.59. The molecule has 1 amide bonds. The molecule has 2 aromatic carbocycles. The number of hydrogen-bond donors (Lipinski definition) is 0. The van der Waals surface area contributed by atoms with Gasteiger partial charge in [-0.2, -0.15) is 0 Å². The summed E-state index contributed by atoms with van der Waals surface area (Å²) in [5.74, 6) is -0.324. The highest BCUT2D eigenvalue weighted by Crippen LogP contribution is 2.40. The molecule has 4 rings (SSSR count). The summed E-state index contributed by atoms with van der Waals surface area (Å²) in [4.78, 5) is 19.9. The number of aliphatic imine (C=N–C) groups is 1. The summed E-state index contributed by atoms with van der Waals surface area (Å²) in [5, 5.41) is 0. The van der Waals surface area contributed by atoms with Crippen molar-refractivity contribution in [3.8, 4) is 5.75 Å². The number of ether oxygens (including phenoxy) is 1. The van der Waals surface area contributed by atoms with E-state index in [0.717, 1.165) is 53.0 Å². The number of fused-ring (bicyclic) bond motifs is 2. The zero-order valence-electron chi connectivity index (χ0n) is 15.9. The molecular formula is C22H23FN2O2. The quantitative estimate of drug-likeness (QED) is 0.778. The standard InChI is InChI=1S/C22H23FN2O2/c1-13-9-19-20(10-14(13)2)25(22(26)16-5-4-6-18(16)24-19)12-15-7-8-21(27-3)17(23)11-15/h7-11,16H,4-6,12H2,1-3H3/t16-/m0/s1. The number of benzene rings is 2. The number of rotatable bonds is 3. The molecule has 27 heavy (non-hydrogen) atoms. The third-order valence-corrected chi connectivity index (χ3v) is 5.59. The first-order valence-corrected chi connectivity index (χ1v) is 9.30. The molecule has 1 aliphatic heterocycles. The summed E-state index contributed by atoms with van der Waals surface area (Å²) in [6.45, 7) is 4.40. The number of nitrogens with zero attached hydrogens (tertiary/aromatic N) is 2. The molecule has 1 aliphatic carbocycles. The Bertz CT molecular complexity index is 952. The van der Waals surface area contributed by atoms with Gasteiger partial charge in [0.15, 0.2) is 11.6 Å². The van der Waals surface area contributed by atoms with Crippen molar-refractivity contribution in [3.05, 3.63) is 52.8 Å². The van der Waals surface area contributed by atoms with Crippen LogP contribution in [0.2, 0.25) is 0 Å². The molecule has 0 spiro atoms. The topological polar surface area (TPSA) is 41.9 Å². The van der Waals surface area contributed by atoms with Crippen LogP contribution >= 0.6 is 0 Å². The first-order valence-electron chi connectivity index (χ1n) is 9.30. The zero-order valence-corrected chi connectivity index (χ0v) is 15.9. The molecular weight excluding hydrogens is 343 g/mol. The van der Waals surface area contributed by atoms with Crippen molar-refractivity contribution in [2.45, 2.75) is 39.7 Å². The van der Waals surface area contributed by atoms with Crippen molar-refractivity contribution in [2.75, 3.05) is 12.0 Å². The van der Waals surface area contributed by atoms with Crippen LogP contribution in [0.15, 0.2) is 35.3 Å². The predicted octanol–water partition coefficient (Wildman–Crippen LogP) is 4.87. The Balaban J connectivity index is 1.79. The highest BCUT2D eigenvalue weighted by Gasteiger charge is 2.36. The molecule has 5 heteroatoms. The molecule has 1 fully saturated rings. The Morgan fingerprint density at radius 1 is 1.22 bits per heavy atom. The SMILES string of the molecule is COc1ccc(CN2C(=O)[C@H]3CCCC3=Nc3cc(C)c(C)cc32)cc1F. The molecule has 0 N–H and O–H groups in total. The van der Waals surface area contributed by atoms with Crippen molar-refractivity contribution in [1.82, 2.24) is 0 Å². The molecule has 1 atom stereocenters. The van der Waals surface area contributed by atoms with Crippen molar-refractivity contribution in [2.24, 2.45) is 10.9 Å². The fourth-order valence-electron chi connectivity index (χ4n) is 3.93. The van der Waals surface area contributed by atoms with Crippen LogP contribution in [0.4, 0.5) is 15.8 Å². The number of halogens is 1. The van der Waals surface area contributed by atoms with E-state index in [0.29, 0.717) is 6.54 Å². The lowest BCUT2D eigenvalue weighted by Crippen LogP contribution is -2.36. The van der Waals surface area contributed by atoms with Crippen LogP contribution in [0.25, 0.3) is 0 Å². The lowest BCUT2D eigenvalue weighted by atomic mass is 10.0. The average molecular weight is 366 g/mol. The summed E-state index contributed by atoms with van der Waals surface area (Å²) >= 11 is 0. The van der Waals surface area contributed by atoms with Gasteiger partial charge < -0.3 is 9.64 Å². The summed E-state index contributed by atoms with van der Waals surface area (Å²) in [5.41, 5.74) is 5.61. The second-order valence-corrected chi connectivity index (χ2v) is 7.37. The molecule has 4 nitrogen and oxygen atoms in total. The van der Waals surface area contributed by atoms with Gasteiger partial charge in [-0.1, -0.05) is 6.07 Å². The Morgan fingerprint density at radius 2 is 2.00 bits per heavy atom. The van der Waals surface area contributed by atoms with E-state index >= 15 is 0 Å². The number of hydrogen-bond acceptors (Lipinski definition) is 3. The van der Waals surface area contributed by atoms with Gasteiger partial charge in [-0.05, 0) is 74.1 Å². The van der Waals surface area contributed by atoms with Gasteiger partial charge in [-0.15, -0.1) is 0 Å². The van der Waals surface area contributed by atoms with Crippen molar-refractivity contribution in [1.29, 1.82) is 0 Å². The Hall–Kier alpha value is -2.69. The van der Waals surface area contributed by atoms with Gasteiger partial charge in [0.1, 0.15) is 0 Å². The fraction of sp³-hybridized carbons (Fsp3) is 0.364. The molecule has 1 heterocycles. The normalized spacial score (nSPS) is 18.7. The van der Waals surface area contributed by atoms with Crippen LogP contribution in [0.3, 0.4) is 0 Å². The number of anilines is 1. The molecule has 140 valence electrons. The van der Waals surface area contributed by atoms with Gasteiger partial charge in [-0.25, -0.2) is 4.39 Å². The first kappa shape index (κ1) is 17.7. The van der Waals surface area contributed by atoms with Crippen molar-refractivity contribution in [3.63, 3.8) is 0 Å². The van der Waals surface area contributed by atoms with Crippen molar-refractivity contribution < 1.29 is 13.9 Å². The third kappa shape index (κ3) is 3.11. The van der Waals surface area contributed by atoms with Crippen LogP contribution in [-0.2, 0) is 11.3 Å². The lowest BCUT2D eigenvalue weighted by molar-refractivity contribution is -0.120. The van der Waals surface area contributed by atoms with Crippen LogP contribution in [0, 0.1) is 25.6 Å². The number of carbonyl (C=O) groups excluding carboxylic acids is 1. The Kier molecular flexibility index (Phi) is 4.46. The number of carbonyl (C=O) groups is 1. The maximum absolute atomic E-state index is 14.2. The highest BCUT2D eigenvalue weighted by atomic mass is 19.1. The molecule has 0 aromatic heterocycles. The Morgan fingerprint density at radius 3 is 2.74 bits per heavy atom. The molecule has 0 unspecified atom stereocenters. The minimum absolute atomic E-state index is 0.0597. The second kappa shape index (κ2) is 6.80. The monoisotopic (exact) mass is 366 g/mol. The second-order valence-electron chi connectivity index (χ2n) is 7.37. The number of aryl methyl sites for hydroxylation is 2. The molecule has 0 radical (unpaired) electrons. The predicted molar refractivity (Wildman–Crippen MR) is 104 cm³/mol. The largest absolute Gasteiger partial charge is 0.494 e. The van der Waals surface area contributed by atoms with Crippen LogP contribution < -0.4 is 9.64 Å². The molecule has 1 saturated carbocycles. The van der Waals surface area contributed by atoms with E-state index in [4.69, 9.17) is 9.73 Å². The Labute approximate surface area is 158 Å². The summed E-state index contributed by atoms with van der Waals surface area (Å²) < 4.78 is 19.2. The van der Waals surface area contributed by atoms with Gasteiger partial charge in [-0.3, -0.25) is 9.79 Å². The molecule has 0 saturated heterocycles. The zero-order chi connectivity index (χ0) is 19.1. The number of amides is 1. The highest BCUT2D eigenvalue weighted by molar-refractivity contribution is 6.15. The average Bonchev–Trinajstić information content (AvgIpc) is 3.07. The molecule has 2 aromatic rings. The summed E-state index contributed by atoms with van der Waals surface area (Å²) in [6.07, 6.45) is 2.69. The first-order chi connectivity index (χ1) is 13.0. The van der Waals surface area contributed by atoms with Gasteiger partial charge in [0, 0.05) is 5.71 Å². The van der Waals surface area contributed by atoms with Crippen LogP contribution in [0.1, 0.15) is 36.0 Å². The minimum atomic E-state index is -0.421. The van der Waals surface area contributed by atoms with E-state index in [2.05, 4.69) is 6.92 Å². The van der Waals surface area contributed by atoms with E-state index in [-0.39, 0.29) is 17.6 Å². The van der Waals surface area contributed by atoms with Gasteiger partial charge >= 0.3 is 0 Å². The van der Waals surface area contributed by atoms with Crippen LogP contribution in [-0.4, -0.2) is 18.7 Å². The summed E-state index contributed by atoms with van der Waals surface area (Å²) in [6, 6.07) is 8.91. The van der Waals surface area contributed by atoms with E-state index < -0.39 is 5.82 Å². The van der Waals surface area contributed by atoms with Crippen LogP contribution in [0.5, 0.6) is 5.75 Å². The van der Waals surface area contributed by atoms with E-state index in [9.17, 15) is 9.18 Å². The smallest absolute Gasteiger partial charge is 0.236 e. The molecule has 2 aliphatic rings. The molecule has 0 bridgehead atoms. The fourth-order valence-corrected chi connectivity index (χ4v) is 3.93.